The van der Waals surface area contributed by atoms with Gasteiger partial charge in [0.25, 0.3) is 0 Å². The number of carbonyl (C=O) groups is 2. The van der Waals surface area contributed by atoms with Crippen molar-refractivity contribution in [2.75, 3.05) is 20.2 Å². The highest BCUT2D eigenvalue weighted by atomic mass is 16.5. The van der Waals surface area contributed by atoms with Gasteiger partial charge in [0, 0.05) is 25.7 Å². The van der Waals surface area contributed by atoms with Crippen LogP contribution in [0.15, 0.2) is 30.3 Å². The fourth-order valence-electron chi connectivity index (χ4n) is 3.58. The SMILES string of the molecule is COC(=O)C1(C(=O)N[C@H]2CCN(Cc3ccccc3)C[C@@H]2C)CC1. The molecule has 1 N–H and O–H groups in total. The Hall–Kier alpha value is -1.88. The van der Waals surface area contributed by atoms with Crippen LogP contribution in [0.2, 0.25) is 0 Å². The fourth-order valence-corrected chi connectivity index (χ4v) is 3.58. The Bertz CT molecular complexity index is 598. The first-order valence-electron chi connectivity index (χ1n) is 8.71. The molecule has 1 saturated carbocycles. The van der Waals surface area contributed by atoms with Gasteiger partial charge in [0.15, 0.2) is 0 Å². The summed E-state index contributed by atoms with van der Waals surface area (Å²) in [7, 11) is 1.35. The van der Waals surface area contributed by atoms with Gasteiger partial charge in [-0.1, -0.05) is 37.3 Å². The van der Waals surface area contributed by atoms with Crippen molar-refractivity contribution < 1.29 is 14.3 Å². The molecule has 1 aliphatic carbocycles. The molecule has 130 valence electrons. The van der Waals surface area contributed by atoms with Crippen LogP contribution in [0.25, 0.3) is 0 Å². The summed E-state index contributed by atoms with van der Waals surface area (Å²) in [6.07, 6.45) is 2.12. The zero-order chi connectivity index (χ0) is 17.2. The number of nitrogens with zero attached hydrogens (tertiary/aromatic N) is 1. The lowest BCUT2D eigenvalue weighted by Gasteiger charge is -2.37. The van der Waals surface area contributed by atoms with Gasteiger partial charge in [-0.05, 0) is 30.7 Å². The molecule has 2 atom stereocenters. The molecule has 2 fully saturated rings. The van der Waals surface area contributed by atoms with Gasteiger partial charge in [-0.2, -0.15) is 0 Å². The third kappa shape index (κ3) is 3.46. The molecule has 24 heavy (non-hydrogen) atoms. The van der Waals surface area contributed by atoms with Crippen LogP contribution in [-0.4, -0.2) is 43.0 Å². The first kappa shape index (κ1) is 17.0. The predicted octanol–water partition coefficient (Wildman–Crippen LogP) is 1.97. The number of esters is 1. The lowest BCUT2D eigenvalue weighted by atomic mass is 9.92. The molecule has 2 aliphatic rings. The van der Waals surface area contributed by atoms with Crippen molar-refractivity contribution in [3.63, 3.8) is 0 Å². The Morgan fingerprint density at radius 1 is 1.29 bits per heavy atom. The topological polar surface area (TPSA) is 58.6 Å². The lowest BCUT2D eigenvalue weighted by molar-refractivity contribution is -0.152. The van der Waals surface area contributed by atoms with Gasteiger partial charge in [-0.25, -0.2) is 0 Å². The summed E-state index contributed by atoms with van der Waals surface area (Å²) in [6, 6.07) is 10.6. The van der Waals surface area contributed by atoms with Crippen molar-refractivity contribution in [3.8, 4) is 0 Å². The molecule has 0 radical (unpaired) electrons. The summed E-state index contributed by atoms with van der Waals surface area (Å²) in [6.45, 7) is 5.01. The second-order valence-corrected chi connectivity index (χ2v) is 7.14. The molecule has 1 heterocycles. The van der Waals surface area contributed by atoms with Gasteiger partial charge in [0.1, 0.15) is 5.41 Å². The number of carbonyl (C=O) groups excluding carboxylic acids is 2. The molecular weight excluding hydrogens is 304 g/mol. The molecule has 0 unspecified atom stereocenters. The van der Waals surface area contributed by atoms with Crippen molar-refractivity contribution in [2.24, 2.45) is 11.3 Å². The number of methoxy groups -OCH3 is 1. The van der Waals surface area contributed by atoms with E-state index in [9.17, 15) is 9.59 Å². The molecule has 0 aromatic heterocycles. The number of nitrogens with one attached hydrogen (secondary N) is 1. The maximum Gasteiger partial charge on any atom is 0.321 e. The normalized spacial score (nSPS) is 25.8. The van der Waals surface area contributed by atoms with Crippen LogP contribution < -0.4 is 5.32 Å². The molecule has 1 aromatic rings. The summed E-state index contributed by atoms with van der Waals surface area (Å²) in [5.74, 6) is -0.184. The van der Waals surface area contributed by atoms with E-state index in [1.165, 1.54) is 12.7 Å². The number of likely N-dealkylation sites (tertiary alicyclic amines) is 1. The Morgan fingerprint density at radius 3 is 2.58 bits per heavy atom. The summed E-state index contributed by atoms with van der Waals surface area (Å²) >= 11 is 0. The quantitative estimate of drug-likeness (QED) is 0.662. The Labute approximate surface area is 143 Å². The van der Waals surface area contributed by atoms with Gasteiger partial charge in [-0.3, -0.25) is 14.5 Å². The van der Waals surface area contributed by atoms with Crippen LogP contribution in [0.1, 0.15) is 31.7 Å². The van der Waals surface area contributed by atoms with Crippen LogP contribution in [0, 0.1) is 11.3 Å². The lowest BCUT2D eigenvalue weighted by Crippen LogP contribution is -2.52. The average molecular weight is 330 g/mol. The molecule has 0 spiro atoms. The molecule has 1 aliphatic heterocycles. The summed E-state index contributed by atoms with van der Waals surface area (Å²) in [4.78, 5) is 26.7. The van der Waals surface area contributed by atoms with E-state index in [0.29, 0.717) is 18.8 Å². The molecule has 1 aromatic carbocycles. The standard InChI is InChI=1S/C19H26N2O3/c1-14-12-21(13-15-6-4-3-5-7-15)11-8-16(14)20-17(22)19(9-10-19)18(23)24-2/h3-7,14,16H,8-13H2,1-2H3,(H,20,22)/t14-,16-/m0/s1. The van der Waals surface area contributed by atoms with E-state index in [4.69, 9.17) is 4.74 Å². The number of hydrogen-bond donors (Lipinski definition) is 1. The highest BCUT2D eigenvalue weighted by molar-refractivity contribution is 6.05. The second kappa shape index (κ2) is 6.93. The van der Waals surface area contributed by atoms with Crippen LogP contribution in [0.4, 0.5) is 0 Å². The number of benzene rings is 1. The second-order valence-electron chi connectivity index (χ2n) is 7.14. The number of amides is 1. The molecule has 5 heteroatoms. The largest absolute Gasteiger partial charge is 0.468 e. The molecule has 0 bridgehead atoms. The van der Waals surface area contributed by atoms with Crippen molar-refractivity contribution in [1.82, 2.24) is 10.2 Å². The third-order valence-corrected chi connectivity index (χ3v) is 5.32. The molecule has 3 rings (SSSR count). The van der Waals surface area contributed by atoms with E-state index in [0.717, 1.165) is 26.1 Å². The minimum atomic E-state index is -0.907. The van der Waals surface area contributed by atoms with Gasteiger partial charge < -0.3 is 10.1 Å². The van der Waals surface area contributed by atoms with Crippen molar-refractivity contribution in [1.29, 1.82) is 0 Å². The van der Waals surface area contributed by atoms with Crippen LogP contribution in [0.3, 0.4) is 0 Å². The molecule has 1 saturated heterocycles. The third-order valence-electron chi connectivity index (χ3n) is 5.32. The maximum atomic E-state index is 12.5. The number of ether oxygens (including phenoxy) is 1. The van der Waals surface area contributed by atoms with E-state index < -0.39 is 11.4 Å². The summed E-state index contributed by atoms with van der Waals surface area (Å²) in [5, 5.41) is 3.10. The van der Waals surface area contributed by atoms with Crippen LogP contribution in [0.5, 0.6) is 0 Å². The van der Waals surface area contributed by atoms with E-state index in [-0.39, 0.29) is 11.9 Å². The maximum absolute atomic E-state index is 12.5. The highest BCUT2D eigenvalue weighted by Crippen LogP contribution is 2.47. The van der Waals surface area contributed by atoms with Gasteiger partial charge in [0.2, 0.25) is 5.91 Å². The Morgan fingerprint density at radius 2 is 2.00 bits per heavy atom. The van der Waals surface area contributed by atoms with Gasteiger partial charge >= 0.3 is 5.97 Å². The monoisotopic (exact) mass is 330 g/mol. The van der Waals surface area contributed by atoms with Gasteiger partial charge in [0.05, 0.1) is 7.11 Å². The van der Waals surface area contributed by atoms with E-state index in [2.05, 4.69) is 41.4 Å². The molecule has 1 amide bonds. The number of piperidine rings is 1. The van der Waals surface area contributed by atoms with Crippen molar-refractivity contribution >= 4 is 11.9 Å². The minimum absolute atomic E-state index is 0.131. The first-order valence-corrected chi connectivity index (χ1v) is 8.71. The Balaban J connectivity index is 1.53. The summed E-state index contributed by atoms with van der Waals surface area (Å²) in [5.41, 5.74) is 0.408. The fraction of sp³-hybridized carbons (Fsp3) is 0.579. The smallest absolute Gasteiger partial charge is 0.321 e. The average Bonchev–Trinajstić information content (AvgIpc) is 3.39. The van der Waals surface area contributed by atoms with Gasteiger partial charge in [-0.15, -0.1) is 0 Å². The van der Waals surface area contributed by atoms with E-state index >= 15 is 0 Å². The Kier molecular flexibility index (Phi) is 4.90. The number of rotatable bonds is 5. The van der Waals surface area contributed by atoms with E-state index in [1.807, 2.05) is 6.07 Å². The first-order chi connectivity index (χ1) is 11.5. The van der Waals surface area contributed by atoms with Crippen molar-refractivity contribution in [2.45, 2.75) is 38.8 Å². The number of hydrogen-bond acceptors (Lipinski definition) is 4. The minimum Gasteiger partial charge on any atom is -0.468 e. The van der Waals surface area contributed by atoms with E-state index in [1.54, 1.807) is 0 Å². The highest BCUT2D eigenvalue weighted by Gasteiger charge is 2.58. The molecular formula is C19H26N2O3. The predicted molar refractivity (Wildman–Crippen MR) is 91.1 cm³/mol. The van der Waals surface area contributed by atoms with Crippen molar-refractivity contribution in [3.05, 3.63) is 35.9 Å². The van der Waals surface area contributed by atoms with Crippen LogP contribution in [-0.2, 0) is 20.9 Å². The van der Waals surface area contributed by atoms with Crippen LogP contribution >= 0.6 is 0 Å². The zero-order valence-electron chi connectivity index (χ0n) is 14.5. The summed E-state index contributed by atoms with van der Waals surface area (Å²) < 4.78 is 4.79. The molecule has 5 nitrogen and oxygen atoms in total. The zero-order valence-corrected chi connectivity index (χ0v) is 14.5.